The second kappa shape index (κ2) is 5.27. The highest BCUT2D eigenvalue weighted by molar-refractivity contribution is 5.81. The lowest BCUT2D eigenvalue weighted by atomic mass is 9.95. The molecular formula is C9H17NO2. The lowest BCUT2D eigenvalue weighted by molar-refractivity contribution is -0.126. The molecule has 3 nitrogen and oxygen atoms in total. The van der Waals surface area contributed by atoms with Gasteiger partial charge in [-0.15, -0.1) is 0 Å². The minimum Gasteiger partial charge on any atom is -0.381 e. The maximum absolute atomic E-state index is 11.4. The Morgan fingerprint density at radius 1 is 1.67 bits per heavy atom. The van der Waals surface area contributed by atoms with Crippen LogP contribution >= 0.6 is 0 Å². The molecule has 0 aliphatic carbocycles. The number of carbonyl (C=O) groups excluding carboxylic acids is 1. The van der Waals surface area contributed by atoms with Crippen LogP contribution in [0, 0.1) is 5.92 Å². The Kier molecular flexibility index (Phi) is 4.25. The van der Waals surface area contributed by atoms with Crippen LogP contribution in [0.25, 0.3) is 0 Å². The molecule has 3 heteroatoms. The van der Waals surface area contributed by atoms with Crippen LogP contribution in [0.3, 0.4) is 0 Å². The van der Waals surface area contributed by atoms with E-state index in [1.54, 1.807) is 0 Å². The van der Waals surface area contributed by atoms with Gasteiger partial charge in [0.2, 0.25) is 0 Å². The first-order valence-electron chi connectivity index (χ1n) is 4.59. The van der Waals surface area contributed by atoms with Crippen molar-refractivity contribution < 1.29 is 9.53 Å². The molecule has 0 spiro atoms. The van der Waals surface area contributed by atoms with Crippen LogP contribution in [0.2, 0.25) is 0 Å². The molecule has 70 valence electrons. The number of Topliss-reactive ketones (excluding diaryl/α,β-unsaturated/α-hetero) is 1. The maximum atomic E-state index is 11.4. The summed E-state index contributed by atoms with van der Waals surface area (Å²) in [6.45, 7) is 2.26. The Labute approximate surface area is 73.5 Å². The van der Waals surface area contributed by atoms with Crippen molar-refractivity contribution in [2.24, 2.45) is 5.92 Å². The largest absolute Gasteiger partial charge is 0.381 e. The van der Waals surface area contributed by atoms with Gasteiger partial charge in [-0.2, -0.15) is 0 Å². The molecule has 1 atom stereocenters. The molecule has 1 heterocycles. The van der Waals surface area contributed by atoms with Crippen LogP contribution in [0.4, 0.5) is 0 Å². The number of hydrogen-bond acceptors (Lipinski definition) is 3. The zero-order valence-corrected chi connectivity index (χ0v) is 7.64. The van der Waals surface area contributed by atoms with Crippen LogP contribution in [0.1, 0.15) is 19.3 Å². The van der Waals surface area contributed by atoms with Crippen molar-refractivity contribution in [3.8, 4) is 0 Å². The molecule has 12 heavy (non-hydrogen) atoms. The molecule has 1 N–H and O–H groups in total. The van der Waals surface area contributed by atoms with E-state index in [1.807, 2.05) is 7.05 Å². The summed E-state index contributed by atoms with van der Waals surface area (Å²) in [6, 6.07) is 0. The highest BCUT2D eigenvalue weighted by Gasteiger charge is 2.20. The summed E-state index contributed by atoms with van der Waals surface area (Å²) in [6.07, 6.45) is 2.70. The first-order valence-corrected chi connectivity index (χ1v) is 4.59. The third-order valence-corrected chi connectivity index (χ3v) is 2.24. The van der Waals surface area contributed by atoms with Crippen molar-refractivity contribution in [1.29, 1.82) is 0 Å². The van der Waals surface area contributed by atoms with Gasteiger partial charge < -0.3 is 10.1 Å². The molecule has 0 bridgehead atoms. The predicted octanol–water partition coefficient (Wildman–Crippen LogP) is 0.592. The van der Waals surface area contributed by atoms with Gasteiger partial charge in [-0.1, -0.05) is 0 Å². The summed E-state index contributed by atoms with van der Waals surface area (Å²) >= 11 is 0. The molecule has 0 aromatic carbocycles. The van der Waals surface area contributed by atoms with Gasteiger partial charge in [-0.05, 0) is 19.9 Å². The lowest BCUT2D eigenvalue weighted by Gasteiger charge is -2.20. The normalized spacial score (nSPS) is 23.9. The third kappa shape index (κ3) is 2.91. The van der Waals surface area contributed by atoms with Crippen molar-refractivity contribution in [1.82, 2.24) is 5.32 Å². The van der Waals surface area contributed by atoms with E-state index in [0.717, 1.165) is 26.0 Å². The summed E-state index contributed by atoms with van der Waals surface area (Å²) in [7, 11) is 1.87. The fourth-order valence-electron chi connectivity index (χ4n) is 1.45. The van der Waals surface area contributed by atoms with Crippen LogP contribution < -0.4 is 5.32 Å². The van der Waals surface area contributed by atoms with E-state index >= 15 is 0 Å². The third-order valence-electron chi connectivity index (χ3n) is 2.24. The molecule has 1 fully saturated rings. The van der Waals surface area contributed by atoms with Crippen molar-refractivity contribution in [3.05, 3.63) is 0 Å². The van der Waals surface area contributed by atoms with E-state index in [1.165, 1.54) is 0 Å². The second-order valence-electron chi connectivity index (χ2n) is 3.23. The van der Waals surface area contributed by atoms with E-state index < -0.39 is 0 Å². The van der Waals surface area contributed by atoms with Gasteiger partial charge >= 0.3 is 0 Å². The number of carbonyl (C=O) groups is 1. The number of rotatable bonds is 4. The number of ketones is 1. The Morgan fingerprint density at radius 2 is 2.50 bits per heavy atom. The minimum absolute atomic E-state index is 0.173. The molecule has 0 aromatic rings. The molecule has 0 saturated carbocycles. The molecule has 0 amide bonds. The Hall–Kier alpha value is -0.410. The van der Waals surface area contributed by atoms with Crippen LogP contribution in [0.15, 0.2) is 0 Å². The molecule has 0 radical (unpaired) electrons. The lowest BCUT2D eigenvalue weighted by Crippen LogP contribution is -2.27. The van der Waals surface area contributed by atoms with Gasteiger partial charge in [-0.25, -0.2) is 0 Å². The highest BCUT2D eigenvalue weighted by Crippen LogP contribution is 2.15. The average molecular weight is 171 g/mol. The standard InChI is InChI=1S/C9H17NO2/c1-10-5-4-9(11)8-3-2-6-12-7-8/h8,10H,2-7H2,1H3. The number of nitrogens with one attached hydrogen (secondary N) is 1. The summed E-state index contributed by atoms with van der Waals surface area (Å²) < 4.78 is 5.24. The monoisotopic (exact) mass is 171 g/mol. The topological polar surface area (TPSA) is 38.3 Å². The zero-order chi connectivity index (χ0) is 8.81. The second-order valence-corrected chi connectivity index (χ2v) is 3.23. The molecule has 1 aliphatic heterocycles. The molecule has 0 aromatic heterocycles. The Morgan fingerprint density at radius 3 is 3.08 bits per heavy atom. The molecule has 1 unspecified atom stereocenters. The van der Waals surface area contributed by atoms with Gasteiger partial charge in [0, 0.05) is 25.5 Å². The Bertz CT molecular complexity index is 141. The fraction of sp³-hybridized carbons (Fsp3) is 0.889. The molecule has 1 rings (SSSR count). The minimum atomic E-state index is 0.173. The van der Waals surface area contributed by atoms with E-state index in [4.69, 9.17) is 4.74 Å². The van der Waals surface area contributed by atoms with Crippen LogP contribution in [-0.2, 0) is 9.53 Å². The van der Waals surface area contributed by atoms with E-state index in [-0.39, 0.29) is 5.92 Å². The summed E-state index contributed by atoms with van der Waals surface area (Å²) in [5.74, 6) is 0.524. The predicted molar refractivity (Wildman–Crippen MR) is 47.1 cm³/mol. The van der Waals surface area contributed by atoms with Gasteiger partial charge in [0.15, 0.2) is 0 Å². The van der Waals surface area contributed by atoms with Crippen molar-refractivity contribution in [3.63, 3.8) is 0 Å². The van der Waals surface area contributed by atoms with Gasteiger partial charge in [0.05, 0.1) is 6.61 Å². The smallest absolute Gasteiger partial charge is 0.139 e. The van der Waals surface area contributed by atoms with E-state index in [9.17, 15) is 4.79 Å². The van der Waals surface area contributed by atoms with Crippen molar-refractivity contribution >= 4 is 5.78 Å². The van der Waals surface area contributed by atoms with E-state index in [0.29, 0.717) is 18.8 Å². The maximum Gasteiger partial charge on any atom is 0.139 e. The molecule has 1 saturated heterocycles. The van der Waals surface area contributed by atoms with Gasteiger partial charge in [0.1, 0.15) is 5.78 Å². The van der Waals surface area contributed by atoms with Crippen LogP contribution in [0.5, 0.6) is 0 Å². The van der Waals surface area contributed by atoms with Crippen LogP contribution in [-0.4, -0.2) is 32.6 Å². The SMILES string of the molecule is CNCCC(=O)C1CCCOC1. The Balaban J connectivity index is 2.20. The highest BCUT2D eigenvalue weighted by atomic mass is 16.5. The summed E-state index contributed by atoms with van der Waals surface area (Å²) in [5.41, 5.74) is 0. The molecular weight excluding hydrogens is 154 g/mol. The van der Waals surface area contributed by atoms with E-state index in [2.05, 4.69) is 5.32 Å². The fourth-order valence-corrected chi connectivity index (χ4v) is 1.45. The van der Waals surface area contributed by atoms with Gasteiger partial charge in [-0.3, -0.25) is 4.79 Å². The van der Waals surface area contributed by atoms with Gasteiger partial charge in [0.25, 0.3) is 0 Å². The average Bonchev–Trinajstić information content (AvgIpc) is 2.15. The summed E-state index contributed by atoms with van der Waals surface area (Å²) in [5, 5.41) is 2.98. The first kappa shape index (κ1) is 9.68. The quantitative estimate of drug-likeness (QED) is 0.673. The summed E-state index contributed by atoms with van der Waals surface area (Å²) in [4.78, 5) is 11.4. The zero-order valence-electron chi connectivity index (χ0n) is 7.64. The number of ether oxygens (including phenoxy) is 1. The number of hydrogen-bond donors (Lipinski definition) is 1. The molecule has 1 aliphatic rings. The van der Waals surface area contributed by atoms with Crippen molar-refractivity contribution in [2.45, 2.75) is 19.3 Å². The van der Waals surface area contributed by atoms with Crippen molar-refractivity contribution in [2.75, 3.05) is 26.8 Å². The first-order chi connectivity index (χ1) is 5.84.